The Bertz CT molecular complexity index is 1140. The molecular formula is C26H29O7PS. The maximum absolute atomic E-state index is 11.3. The molecule has 186 valence electrons. The number of rotatable bonds is 8. The van der Waals surface area contributed by atoms with Crippen LogP contribution in [0.1, 0.15) is 40.5 Å². The van der Waals surface area contributed by atoms with E-state index >= 15 is 0 Å². The third kappa shape index (κ3) is 8.58. The summed E-state index contributed by atoms with van der Waals surface area (Å²) in [5.74, 6) is -1.68. The number of benzene rings is 3. The molecule has 9 heteroatoms. The van der Waals surface area contributed by atoms with E-state index in [0.717, 1.165) is 32.4 Å². The summed E-state index contributed by atoms with van der Waals surface area (Å²) in [6.07, 6.45) is 3.90. The summed E-state index contributed by atoms with van der Waals surface area (Å²) in [6.45, 7) is 2.27. The maximum Gasteiger partial charge on any atom is 0.337 e. The topological polar surface area (TPSA) is 107 Å². The third-order valence-electron chi connectivity index (χ3n) is 4.92. The molecular weight excluding hydrogens is 487 g/mol. The van der Waals surface area contributed by atoms with E-state index in [1.165, 1.54) is 29.6 Å². The predicted molar refractivity (Wildman–Crippen MR) is 138 cm³/mol. The lowest BCUT2D eigenvalue weighted by atomic mass is 10.1. The van der Waals surface area contributed by atoms with Gasteiger partial charge in [0.2, 0.25) is 0 Å². The van der Waals surface area contributed by atoms with Gasteiger partial charge in [0.15, 0.2) is 0 Å². The zero-order valence-corrected chi connectivity index (χ0v) is 21.6. The average molecular weight is 517 g/mol. The van der Waals surface area contributed by atoms with Crippen molar-refractivity contribution < 1.29 is 32.0 Å². The minimum absolute atomic E-state index is 0.157. The predicted octanol–water partition coefficient (Wildman–Crippen LogP) is 4.43. The lowest BCUT2D eigenvalue weighted by Crippen LogP contribution is -2.13. The van der Waals surface area contributed by atoms with Gasteiger partial charge in [-0.1, -0.05) is 74.0 Å². The number of methoxy groups -OCH3 is 2. The highest BCUT2D eigenvalue weighted by atomic mass is 32.2. The summed E-state index contributed by atoms with van der Waals surface area (Å²) in [6, 6.07) is 24.8. The first-order valence-electron chi connectivity index (χ1n) is 10.9. The van der Waals surface area contributed by atoms with Gasteiger partial charge in [-0.2, -0.15) is 8.42 Å². The summed E-state index contributed by atoms with van der Waals surface area (Å²) in [5.41, 5.74) is -0.374. The van der Waals surface area contributed by atoms with E-state index in [-0.39, 0.29) is 19.0 Å². The number of carbonyl (C=O) groups excluding carboxylic acids is 2. The smallest absolute Gasteiger partial charge is 0.337 e. The van der Waals surface area contributed by atoms with Gasteiger partial charge in [-0.15, -0.1) is 0 Å². The Labute approximate surface area is 207 Å². The van der Waals surface area contributed by atoms with E-state index in [1.54, 1.807) is 0 Å². The Morgan fingerprint density at radius 1 is 0.800 bits per heavy atom. The molecule has 0 bridgehead atoms. The molecule has 0 heterocycles. The second-order valence-electron chi connectivity index (χ2n) is 7.38. The summed E-state index contributed by atoms with van der Waals surface area (Å²) in [5, 5.41) is 3.00. The zero-order chi connectivity index (χ0) is 25.8. The van der Waals surface area contributed by atoms with Gasteiger partial charge < -0.3 is 9.47 Å². The second-order valence-corrected chi connectivity index (χ2v) is 11.1. The molecule has 0 radical (unpaired) electrons. The van der Waals surface area contributed by atoms with Crippen LogP contribution in [0.5, 0.6) is 0 Å². The van der Waals surface area contributed by atoms with Crippen molar-refractivity contribution in [1.82, 2.24) is 0 Å². The Morgan fingerprint density at radius 3 is 1.57 bits per heavy atom. The van der Waals surface area contributed by atoms with Crippen molar-refractivity contribution in [3.63, 3.8) is 0 Å². The van der Waals surface area contributed by atoms with Crippen LogP contribution in [0.3, 0.4) is 0 Å². The average Bonchev–Trinajstić information content (AvgIpc) is 2.88. The van der Waals surface area contributed by atoms with E-state index in [0.29, 0.717) is 0 Å². The largest absolute Gasteiger partial charge is 0.465 e. The molecule has 0 aliphatic heterocycles. The van der Waals surface area contributed by atoms with Gasteiger partial charge in [-0.05, 0) is 49.3 Å². The van der Waals surface area contributed by atoms with Crippen molar-refractivity contribution in [2.24, 2.45) is 0 Å². The SMILES string of the molecule is CCCCP(c1ccccc1)c1ccccc1.COC(=O)c1cc(C(=O)OC)cc(S(=O)(=O)O)c1. The molecule has 0 unspecified atom stereocenters. The number of ether oxygens (including phenoxy) is 2. The third-order valence-corrected chi connectivity index (χ3v) is 8.36. The molecule has 7 nitrogen and oxygen atoms in total. The Balaban J connectivity index is 0.000000247. The number of unbranched alkanes of at least 4 members (excludes halogenated alkanes) is 1. The molecule has 1 N–H and O–H groups in total. The fourth-order valence-electron chi connectivity index (χ4n) is 3.16. The quantitative estimate of drug-likeness (QED) is 0.268. The van der Waals surface area contributed by atoms with Crippen LogP contribution in [0.4, 0.5) is 0 Å². The summed E-state index contributed by atoms with van der Waals surface area (Å²) >= 11 is 0. The van der Waals surface area contributed by atoms with Gasteiger partial charge in [0.05, 0.1) is 30.2 Å². The van der Waals surface area contributed by atoms with Crippen LogP contribution in [0, 0.1) is 0 Å². The van der Waals surface area contributed by atoms with Crippen LogP contribution in [0.15, 0.2) is 83.8 Å². The van der Waals surface area contributed by atoms with Crippen LogP contribution >= 0.6 is 7.92 Å². The van der Waals surface area contributed by atoms with E-state index in [2.05, 4.69) is 77.1 Å². The van der Waals surface area contributed by atoms with Gasteiger partial charge in [0.25, 0.3) is 10.1 Å². The van der Waals surface area contributed by atoms with Crippen LogP contribution in [0.25, 0.3) is 0 Å². The van der Waals surface area contributed by atoms with Crippen molar-refractivity contribution in [2.75, 3.05) is 20.4 Å². The fourth-order valence-corrected chi connectivity index (χ4v) is 6.22. The van der Waals surface area contributed by atoms with Crippen LogP contribution in [0.2, 0.25) is 0 Å². The monoisotopic (exact) mass is 516 g/mol. The Kier molecular flexibility index (Phi) is 11.1. The highest BCUT2D eigenvalue weighted by molar-refractivity contribution is 7.85. The molecule has 0 aliphatic carbocycles. The van der Waals surface area contributed by atoms with E-state index < -0.39 is 27.0 Å². The van der Waals surface area contributed by atoms with Crippen molar-refractivity contribution in [3.8, 4) is 0 Å². The van der Waals surface area contributed by atoms with Gasteiger partial charge >= 0.3 is 11.9 Å². The highest BCUT2D eigenvalue weighted by Gasteiger charge is 2.19. The van der Waals surface area contributed by atoms with E-state index in [4.69, 9.17) is 4.55 Å². The minimum Gasteiger partial charge on any atom is -0.465 e. The number of carbonyl (C=O) groups is 2. The first kappa shape index (κ1) is 28.2. The highest BCUT2D eigenvalue weighted by Crippen LogP contribution is 2.34. The van der Waals surface area contributed by atoms with Crippen LogP contribution in [-0.4, -0.2) is 45.3 Å². The van der Waals surface area contributed by atoms with Gasteiger partial charge in [-0.3, -0.25) is 4.55 Å². The molecule has 0 spiro atoms. The Hall–Kier alpha value is -3.06. The standard InChI is InChI=1S/C16H19P.C10H10O7S/c1-2-3-14-17(15-10-6-4-7-11-15)16-12-8-5-9-13-16;1-16-9(11)6-3-7(10(12)17-2)5-8(4-6)18(13,14)15/h4-13H,2-3,14H2,1H3;3-5H,1-2H3,(H,13,14,15). The first-order chi connectivity index (χ1) is 16.7. The first-order valence-corrected chi connectivity index (χ1v) is 13.8. The minimum atomic E-state index is -4.55. The summed E-state index contributed by atoms with van der Waals surface area (Å²) in [7, 11) is -2.51. The molecule has 0 atom stereocenters. The molecule has 0 fully saturated rings. The normalized spacial score (nSPS) is 10.8. The fraction of sp³-hybridized carbons (Fsp3) is 0.231. The van der Waals surface area contributed by atoms with Crippen LogP contribution < -0.4 is 10.6 Å². The summed E-state index contributed by atoms with van der Waals surface area (Å²) < 4.78 is 39.7. The number of esters is 2. The van der Waals surface area contributed by atoms with Crippen molar-refractivity contribution in [3.05, 3.63) is 90.0 Å². The lowest BCUT2D eigenvalue weighted by molar-refractivity contribution is 0.0598. The lowest BCUT2D eigenvalue weighted by Gasteiger charge is -2.18. The zero-order valence-electron chi connectivity index (χ0n) is 19.9. The van der Waals surface area contributed by atoms with Gasteiger partial charge in [0, 0.05) is 0 Å². The van der Waals surface area contributed by atoms with E-state index in [1.807, 2.05) is 0 Å². The molecule has 3 aromatic carbocycles. The van der Waals surface area contributed by atoms with Gasteiger partial charge in [-0.25, -0.2) is 9.59 Å². The summed E-state index contributed by atoms with van der Waals surface area (Å²) in [4.78, 5) is 22.0. The maximum atomic E-state index is 11.3. The van der Waals surface area contributed by atoms with Crippen LogP contribution in [-0.2, 0) is 19.6 Å². The number of hydrogen-bond acceptors (Lipinski definition) is 6. The van der Waals surface area contributed by atoms with Crippen molar-refractivity contribution >= 4 is 40.6 Å². The van der Waals surface area contributed by atoms with E-state index in [9.17, 15) is 18.0 Å². The molecule has 3 rings (SSSR count). The van der Waals surface area contributed by atoms with Gasteiger partial charge in [0.1, 0.15) is 0 Å². The van der Waals surface area contributed by atoms with Crippen molar-refractivity contribution in [1.29, 1.82) is 0 Å². The molecule has 0 saturated carbocycles. The number of hydrogen-bond donors (Lipinski definition) is 1. The molecule has 0 saturated heterocycles. The Morgan fingerprint density at radius 2 is 1.23 bits per heavy atom. The molecule has 3 aromatic rings. The molecule has 0 aromatic heterocycles. The molecule has 35 heavy (non-hydrogen) atoms. The second kappa shape index (κ2) is 13.7. The van der Waals surface area contributed by atoms with Crippen molar-refractivity contribution in [2.45, 2.75) is 24.7 Å². The molecule has 0 aliphatic rings. The molecule has 0 amide bonds.